The van der Waals surface area contributed by atoms with Crippen LogP contribution in [-0.2, 0) is 0 Å². The molecule has 3 heteroatoms. The van der Waals surface area contributed by atoms with Crippen LogP contribution in [0.25, 0.3) is 0 Å². The molecule has 2 rings (SSSR count). The van der Waals surface area contributed by atoms with Gasteiger partial charge in [-0.1, -0.05) is 0 Å². The predicted molar refractivity (Wildman–Crippen MR) is 68.5 cm³/mol. The molecule has 0 radical (unpaired) electrons. The maximum Gasteiger partial charge on any atom is 0.0235 e. The summed E-state index contributed by atoms with van der Waals surface area (Å²) in [6.07, 6.45) is 6.66. The van der Waals surface area contributed by atoms with E-state index in [2.05, 4.69) is 16.7 Å². The minimum Gasteiger partial charge on any atom is -0.328 e. The summed E-state index contributed by atoms with van der Waals surface area (Å²) in [6.45, 7) is 8.67. The van der Waals surface area contributed by atoms with E-state index in [1.807, 2.05) is 0 Å². The molecule has 2 unspecified atom stereocenters. The Morgan fingerprint density at radius 3 is 2.69 bits per heavy atom. The van der Waals surface area contributed by atoms with Gasteiger partial charge in [0.2, 0.25) is 0 Å². The van der Waals surface area contributed by atoms with Crippen molar-refractivity contribution in [2.45, 2.75) is 51.1 Å². The summed E-state index contributed by atoms with van der Waals surface area (Å²) in [5.41, 5.74) is 5.78. The molecule has 2 aliphatic heterocycles. The van der Waals surface area contributed by atoms with Gasteiger partial charge >= 0.3 is 0 Å². The Morgan fingerprint density at radius 1 is 1.25 bits per heavy atom. The molecule has 2 atom stereocenters. The van der Waals surface area contributed by atoms with Crippen LogP contribution in [0.4, 0.5) is 0 Å². The highest BCUT2D eigenvalue weighted by molar-refractivity contribution is 4.85. The quantitative estimate of drug-likeness (QED) is 0.765. The lowest BCUT2D eigenvalue weighted by molar-refractivity contribution is 0.230. The van der Waals surface area contributed by atoms with Crippen LogP contribution in [0, 0.1) is 0 Å². The Labute approximate surface area is 100.0 Å². The van der Waals surface area contributed by atoms with Crippen LogP contribution < -0.4 is 5.73 Å². The van der Waals surface area contributed by atoms with Crippen molar-refractivity contribution in [3.05, 3.63) is 0 Å². The summed E-state index contributed by atoms with van der Waals surface area (Å²) in [6, 6.07) is 1.23. The number of nitrogens with zero attached hydrogens (tertiary/aromatic N) is 2. The first-order valence-electron chi connectivity index (χ1n) is 6.97. The lowest BCUT2D eigenvalue weighted by atomic mass is 10.2. The van der Waals surface area contributed by atoms with E-state index in [0.29, 0.717) is 6.04 Å². The molecule has 2 heterocycles. The topological polar surface area (TPSA) is 32.5 Å². The normalized spacial score (nSPS) is 30.0. The van der Waals surface area contributed by atoms with Crippen LogP contribution >= 0.6 is 0 Å². The number of hydrogen-bond acceptors (Lipinski definition) is 3. The van der Waals surface area contributed by atoms with E-state index < -0.39 is 0 Å². The first kappa shape index (κ1) is 12.3. The predicted octanol–water partition coefficient (Wildman–Crippen LogP) is 1.28. The molecule has 2 saturated heterocycles. The average molecular weight is 225 g/mol. The van der Waals surface area contributed by atoms with E-state index in [1.165, 1.54) is 64.8 Å². The molecule has 94 valence electrons. The highest BCUT2D eigenvalue weighted by atomic mass is 15.3. The van der Waals surface area contributed by atoms with Gasteiger partial charge in [-0.05, 0) is 65.2 Å². The Hall–Kier alpha value is -0.120. The lowest BCUT2D eigenvalue weighted by Gasteiger charge is -2.23. The van der Waals surface area contributed by atoms with Crippen molar-refractivity contribution < 1.29 is 0 Å². The summed E-state index contributed by atoms with van der Waals surface area (Å²) < 4.78 is 0. The van der Waals surface area contributed by atoms with Crippen LogP contribution in [0.2, 0.25) is 0 Å². The van der Waals surface area contributed by atoms with Gasteiger partial charge in [0.1, 0.15) is 0 Å². The van der Waals surface area contributed by atoms with Gasteiger partial charge in [-0.25, -0.2) is 0 Å². The van der Waals surface area contributed by atoms with Crippen LogP contribution in [0.1, 0.15) is 39.0 Å². The molecule has 2 aliphatic rings. The molecule has 0 aromatic carbocycles. The van der Waals surface area contributed by atoms with Crippen molar-refractivity contribution in [3.8, 4) is 0 Å². The van der Waals surface area contributed by atoms with Gasteiger partial charge in [-0.15, -0.1) is 0 Å². The van der Waals surface area contributed by atoms with Crippen molar-refractivity contribution >= 4 is 0 Å². The zero-order chi connectivity index (χ0) is 11.4. The second-order valence-corrected chi connectivity index (χ2v) is 5.61. The molecule has 0 spiro atoms. The molecule has 0 amide bonds. The Kier molecular flexibility index (Phi) is 4.62. The van der Waals surface area contributed by atoms with Gasteiger partial charge in [-0.3, -0.25) is 4.90 Å². The Morgan fingerprint density at radius 2 is 2.00 bits per heavy atom. The fraction of sp³-hybridized carbons (Fsp3) is 1.00. The van der Waals surface area contributed by atoms with Crippen molar-refractivity contribution in [2.75, 3.05) is 32.7 Å². The number of nitrogens with two attached hydrogens (primary N) is 1. The summed E-state index contributed by atoms with van der Waals surface area (Å²) in [5, 5.41) is 0. The van der Waals surface area contributed by atoms with E-state index in [9.17, 15) is 0 Å². The van der Waals surface area contributed by atoms with E-state index in [4.69, 9.17) is 5.73 Å². The average Bonchev–Trinajstić information content (AvgIpc) is 2.85. The zero-order valence-electron chi connectivity index (χ0n) is 10.7. The molecular formula is C13H27N3. The van der Waals surface area contributed by atoms with E-state index >= 15 is 0 Å². The smallest absolute Gasteiger partial charge is 0.0235 e. The minimum absolute atomic E-state index is 0.372. The molecule has 2 fully saturated rings. The monoisotopic (exact) mass is 225 g/mol. The largest absolute Gasteiger partial charge is 0.328 e. The van der Waals surface area contributed by atoms with Crippen LogP contribution in [-0.4, -0.2) is 54.6 Å². The first-order valence-corrected chi connectivity index (χ1v) is 6.97. The molecule has 2 N–H and O–H groups in total. The van der Waals surface area contributed by atoms with Gasteiger partial charge < -0.3 is 10.6 Å². The van der Waals surface area contributed by atoms with Crippen molar-refractivity contribution in [3.63, 3.8) is 0 Å². The van der Waals surface area contributed by atoms with Crippen molar-refractivity contribution in [2.24, 2.45) is 5.73 Å². The number of rotatable bonds is 5. The maximum atomic E-state index is 5.78. The van der Waals surface area contributed by atoms with Gasteiger partial charge in [0.15, 0.2) is 0 Å². The van der Waals surface area contributed by atoms with E-state index in [1.54, 1.807) is 0 Å². The Balaban J connectivity index is 1.63. The van der Waals surface area contributed by atoms with E-state index in [-0.39, 0.29) is 0 Å². The summed E-state index contributed by atoms with van der Waals surface area (Å²) >= 11 is 0. The number of hydrogen-bond donors (Lipinski definition) is 1. The van der Waals surface area contributed by atoms with Gasteiger partial charge in [-0.2, -0.15) is 0 Å². The molecule has 0 aliphatic carbocycles. The van der Waals surface area contributed by atoms with Crippen molar-refractivity contribution in [1.82, 2.24) is 9.80 Å². The third kappa shape index (κ3) is 3.44. The third-order valence-electron chi connectivity index (χ3n) is 4.04. The maximum absolute atomic E-state index is 5.78. The van der Waals surface area contributed by atoms with Crippen LogP contribution in [0.15, 0.2) is 0 Å². The SMILES string of the molecule is CC(N)CCCN1CCC(N2CCCC2)C1. The summed E-state index contributed by atoms with van der Waals surface area (Å²) in [4.78, 5) is 5.33. The molecule has 16 heavy (non-hydrogen) atoms. The molecule has 0 saturated carbocycles. The van der Waals surface area contributed by atoms with Gasteiger partial charge in [0.25, 0.3) is 0 Å². The minimum atomic E-state index is 0.372. The second-order valence-electron chi connectivity index (χ2n) is 5.61. The molecule has 3 nitrogen and oxygen atoms in total. The van der Waals surface area contributed by atoms with Crippen LogP contribution in [0.5, 0.6) is 0 Å². The molecule has 0 aromatic rings. The molecule has 0 bridgehead atoms. The highest BCUT2D eigenvalue weighted by Gasteiger charge is 2.28. The van der Waals surface area contributed by atoms with E-state index in [0.717, 1.165) is 6.04 Å². The third-order valence-corrected chi connectivity index (χ3v) is 4.04. The molecule has 0 aromatic heterocycles. The number of likely N-dealkylation sites (tertiary alicyclic amines) is 2. The molecular weight excluding hydrogens is 198 g/mol. The van der Waals surface area contributed by atoms with Crippen molar-refractivity contribution in [1.29, 1.82) is 0 Å². The summed E-state index contributed by atoms with van der Waals surface area (Å²) in [5.74, 6) is 0. The fourth-order valence-corrected chi connectivity index (χ4v) is 3.06. The second kappa shape index (κ2) is 5.99. The standard InChI is InChI=1S/C13H27N3/c1-12(14)5-4-7-15-10-6-13(11-15)16-8-2-3-9-16/h12-13H,2-11,14H2,1H3. The van der Waals surface area contributed by atoms with Gasteiger partial charge in [0, 0.05) is 18.6 Å². The lowest BCUT2D eigenvalue weighted by Crippen LogP contribution is -2.35. The zero-order valence-corrected chi connectivity index (χ0v) is 10.7. The fourth-order valence-electron chi connectivity index (χ4n) is 3.06. The van der Waals surface area contributed by atoms with Crippen LogP contribution in [0.3, 0.4) is 0 Å². The first-order chi connectivity index (χ1) is 7.75. The van der Waals surface area contributed by atoms with Gasteiger partial charge in [0.05, 0.1) is 0 Å². The summed E-state index contributed by atoms with van der Waals surface area (Å²) in [7, 11) is 0. The Bertz CT molecular complexity index is 199. The highest BCUT2D eigenvalue weighted by Crippen LogP contribution is 2.20.